The number of para-hydroxylation sites is 1. The van der Waals surface area contributed by atoms with Gasteiger partial charge >= 0.3 is 0 Å². The van der Waals surface area contributed by atoms with E-state index in [1.54, 1.807) is 6.07 Å². The van der Waals surface area contributed by atoms with E-state index in [1.807, 2.05) is 12.1 Å². The van der Waals surface area contributed by atoms with Crippen LogP contribution in [0.5, 0.6) is 5.75 Å². The van der Waals surface area contributed by atoms with Crippen molar-refractivity contribution in [2.75, 3.05) is 0 Å². The fraction of sp³-hybridized carbons (Fsp3) is 0.333. The van der Waals surface area contributed by atoms with Crippen molar-refractivity contribution in [3.63, 3.8) is 0 Å². The molecule has 1 saturated carbocycles. The summed E-state index contributed by atoms with van der Waals surface area (Å²) in [7, 11) is 0. The zero-order valence-electron chi connectivity index (χ0n) is 6.01. The monoisotopic (exact) mass is 167 g/mol. The number of hydrogen-bond acceptors (Lipinski definition) is 0. The highest BCUT2D eigenvalue weighted by molar-refractivity contribution is 6.32. The Morgan fingerprint density at radius 2 is 2.09 bits per heavy atom. The van der Waals surface area contributed by atoms with Crippen LogP contribution in [0.25, 0.3) is 0 Å². The predicted molar refractivity (Wildman–Crippen MR) is 43.6 cm³/mol. The lowest BCUT2D eigenvalue weighted by molar-refractivity contribution is 0.350. The zero-order valence-corrected chi connectivity index (χ0v) is 6.77. The lowest BCUT2D eigenvalue weighted by Gasteiger charge is -1.99. The zero-order chi connectivity index (χ0) is 7.84. The van der Waals surface area contributed by atoms with Gasteiger partial charge < -0.3 is 0 Å². The van der Waals surface area contributed by atoms with Gasteiger partial charge in [-0.05, 0) is 24.8 Å². The van der Waals surface area contributed by atoms with Crippen molar-refractivity contribution in [2.45, 2.75) is 18.8 Å². The third kappa shape index (κ3) is 1.21. The van der Waals surface area contributed by atoms with Crippen molar-refractivity contribution in [3.8, 4) is 5.75 Å². The SMILES string of the molecule is [O]c1c(Cl)cccc1C1CC1. The summed E-state index contributed by atoms with van der Waals surface area (Å²) in [5.41, 5.74) is 0.900. The Kier molecular flexibility index (Phi) is 1.53. The van der Waals surface area contributed by atoms with E-state index >= 15 is 0 Å². The van der Waals surface area contributed by atoms with Crippen LogP contribution in [-0.2, 0) is 5.11 Å². The molecule has 0 aliphatic heterocycles. The second-order valence-electron chi connectivity index (χ2n) is 2.93. The third-order valence-corrected chi connectivity index (χ3v) is 2.31. The summed E-state index contributed by atoms with van der Waals surface area (Å²) in [6.45, 7) is 0. The molecule has 1 aromatic carbocycles. The van der Waals surface area contributed by atoms with Crippen LogP contribution in [0.2, 0.25) is 5.02 Å². The van der Waals surface area contributed by atoms with Crippen molar-refractivity contribution >= 4 is 11.6 Å². The van der Waals surface area contributed by atoms with Crippen LogP contribution in [0.4, 0.5) is 0 Å². The molecule has 1 fully saturated rings. The molecule has 0 unspecified atom stereocenters. The summed E-state index contributed by atoms with van der Waals surface area (Å²) < 4.78 is 0. The molecular weight excluding hydrogens is 160 g/mol. The van der Waals surface area contributed by atoms with Gasteiger partial charge in [0.2, 0.25) is 5.75 Å². The molecule has 0 aromatic heterocycles. The van der Waals surface area contributed by atoms with Gasteiger partial charge in [0.25, 0.3) is 0 Å². The summed E-state index contributed by atoms with van der Waals surface area (Å²) in [4.78, 5) is 0. The maximum Gasteiger partial charge on any atom is 0.200 e. The summed E-state index contributed by atoms with van der Waals surface area (Å²) >= 11 is 5.67. The maximum absolute atomic E-state index is 11.3. The number of benzene rings is 1. The normalized spacial score (nSPS) is 16.8. The molecule has 0 N–H and O–H groups in total. The molecule has 1 radical (unpaired) electrons. The molecule has 1 nitrogen and oxygen atoms in total. The Balaban J connectivity index is 2.45. The van der Waals surface area contributed by atoms with Gasteiger partial charge in [-0.3, -0.25) is 5.11 Å². The minimum absolute atomic E-state index is 0.0247. The molecule has 1 aromatic rings. The van der Waals surface area contributed by atoms with Gasteiger partial charge in [0, 0.05) is 5.56 Å². The van der Waals surface area contributed by atoms with Crippen LogP contribution >= 0.6 is 11.6 Å². The summed E-state index contributed by atoms with van der Waals surface area (Å²) in [6, 6.07) is 5.37. The Morgan fingerprint density at radius 1 is 1.36 bits per heavy atom. The largest absolute Gasteiger partial charge is 0.288 e. The van der Waals surface area contributed by atoms with E-state index < -0.39 is 0 Å². The summed E-state index contributed by atoms with van der Waals surface area (Å²) in [5.74, 6) is 0.526. The van der Waals surface area contributed by atoms with E-state index in [4.69, 9.17) is 11.6 Å². The number of rotatable bonds is 1. The van der Waals surface area contributed by atoms with E-state index in [0.29, 0.717) is 10.9 Å². The maximum atomic E-state index is 11.3. The van der Waals surface area contributed by atoms with Crippen LogP contribution < -0.4 is 0 Å². The van der Waals surface area contributed by atoms with E-state index in [2.05, 4.69) is 0 Å². The van der Waals surface area contributed by atoms with Gasteiger partial charge in [0.15, 0.2) is 0 Å². The van der Waals surface area contributed by atoms with Gasteiger partial charge in [0.1, 0.15) is 0 Å². The van der Waals surface area contributed by atoms with Crippen LogP contribution in [0.3, 0.4) is 0 Å². The van der Waals surface area contributed by atoms with Crippen molar-refractivity contribution in [3.05, 3.63) is 28.8 Å². The Hall–Kier alpha value is -0.690. The lowest BCUT2D eigenvalue weighted by atomic mass is 10.1. The summed E-state index contributed by atoms with van der Waals surface area (Å²) in [6.07, 6.45) is 2.30. The quantitative estimate of drug-likeness (QED) is 0.611. The standard InChI is InChI=1S/C9H8ClO/c10-8-3-1-2-7(9(8)11)6-4-5-6/h1-3,6H,4-5H2. The topological polar surface area (TPSA) is 19.9 Å². The minimum Gasteiger partial charge on any atom is -0.288 e. The number of halogens is 1. The molecule has 11 heavy (non-hydrogen) atoms. The third-order valence-electron chi connectivity index (χ3n) is 2.01. The van der Waals surface area contributed by atoms with Crippen molar-refractivity contribution in [1.82, 2.24) is 0 Å². The first-order chi connectivity index (χ1) is 5.29. The number of hydrogen-bond donors (Lipinski definition) is 0. The molecule has 0 amide bonds. The second-order valence-corrected chi connectivity index (χ2v) is 3.34. The smallest absolute Gasteiger partial charge is 0.200 e. The second kappa shape index (κ2) is 2.42. The van der Waals surface area contributed by atoms with Gasteiger partial charge in [-0.15, -0.1) is 0 Å². The molecule has 1 aliphatic carbocycles. The fourth-order valence-corrected chi connectivity index (χ4v) is 1.42. The first kappa shape index (κ1) is 6.99. The molecule has 57 valence electrons. The molecule has 0 atom stereocenters. The van der Waals surface area contributed by atoms with E-state index in [1.165, 1.54) is 0 Å². The molecule has 0 saturated heterocycles. The van der Waals surface area contributed by atoms with E-state index in [0.717, 1.165) is 18.4 Å². The average molecular weight is 168 g/mol. The molecule has 0 bridgehead atoms. The molecule has 2 rings (SSSR count). The van der Waals surface area contributed by atoms with E-state index in [9.17, 15) is 5.11 Å². The highest BCUT2D eigenvalue weighted by atomic mass is 35.5. The first-order valence-electron chi connectivity index (χ1n) is 3.74. The lowest BCUT2D eigenvalue weighted by Crippen LogP contribution is -1.79. The Labute approximate surface area is 70.6 Å². The van der Waals surface area contributed by atoms with Crippen LogP contribution in [-0.4, -0.2) is 0 Å². The van der Waals surface area contributed by atoms with Crippen molar-refractivity contribution in [1.29, 1.82) is 0 Å². The first-order valence-corrected chi connectivity index (χ1v) is 4.12. The minimum atomic E-state index is 0.0247. The van der Waals surface area contributed by atoms with Gasteiger partial charge in [-0.2, -0.15) is 0 Å². The highest BCUT2D eigenvalue weighted by Crippen LogP contribution is 2.45. The van der Waals surface area contributed by atoms with Crippen LogP contribution in [0, 0.1) is 0 Å². The predicted octanol–water partition coefficient (Wildman–Crippen LogP) is 3.36. The van der Waals surface area contributed by atoms with Gasteiger partial charge in [-0.1, -0.05) is 23.7 Å². The fourth-order valence-electron chi connectivity index (χ4n) is 1.24. The summed E-state index contributed by atoms with van der Waals surface area (Å²) in [5, 5.41) is 11.7. The van der Waals surface area contributed by atoms with Crippen LogP contribution in [0.15, 0.2) is 18.2 Å². The van der Waals surface area contributed by atoms with E-state index in [-0.39, 0.29) is 5.75 Å². The Bertz CT molecular complexity index is 279. The van der Waals surface area contributed by atoms with Gasteiger partial charge in [-0.25, -0.2) is 0 Å². The molecule has 1 aliphatic rings. The van der Waals surface area contributed by atoms with Crippen LogP contribution in [0.1, 0.15) is 24.3 Å². The molecule has 2 heteroatoms. The van der Waals surface area contributed by atoms with Crippen molar-refractivity contribution in [2.24, 2.45) is 0 Å². The molecule has 0 heterocycles. The van der Waals surface area contributed by atoms with Gasteiger partial charge in [0.05, 0.1) is 5.02 Å². The molecular formula is C9H8ClO. The highest BCUT2D eigenvalue weighted by Gasteiger charge is 2.27. The average Bonchev–Trinajstić information content (AvgIpc) is 2.77. The molecule has 0 spiro atoms. The van der Waals surface area contributed by atoms with Crippen molar-refractivity contribution < 1.29 is 5.11 Å². The Morgan fingerprint density at radius 3 is 2.73 bits per heavy atom.